The van der Waals surface area contributed by atoms with Crippen LogP contribution in [0.2, 0.25) is 0 Å². The molecule has 0 spiro atoms. The molecule has 0 unspecified atom stereocenters. The van der Waals surface area contributed by atoms with Crippen molar-refractivity contribution in [3.8, 4) is 6.07 Å². The lowest BCUT2D eigenvalue weighted by Crippen LogP contribution is -1.85. The van der Waals surface area contributed by atoms with Gasteiger partial charge in [-0.1, -0.05) is 50.3 Å². The molecule has 0 aliphatic heterocycles. The second-order valence-corrected chi connectivity index (χ2v) is 3.30. The zero-order valence-electron chi connectivity index (χ0n) is 7.99. The Morgan fingerprint density at radius 2 is 1.92 bits per heavy atom. The van der Waals surface area contributed by atoms with Crippen molar-refractivity contribution in [1.29, 1.82) is 5.26 Å². The van der Waals surface area contributed by atoms with Crippen molar-refractivity contribution in [2.75, 3.05) is 0 Å². The Hall–Kier alpha value is -1.55. The molecule has 1 nitrogen and oxygen atoms in total. The van der Waals surface area contributed by atoms with Gasteiger partial charge in [0.2, 0.25) is 0 Å². The Morgan fingerprint density at radius 3 is 2.38 bits per heavy atom. The molecular weight excluding hydrogens is 158 g/mol. The molecule has 66 valence electrons. The molecule has 0 atom stereocenters. The zero-order chi connectivity index (χ0) is 9.68. The summed E-state index contributed by atoms with van der Waals surface area (Å²) in [5.74, 6) is 0.412. The molecule has 0 heterocycles. The first kappa shape index (κ1) is 9.54. The molecule has 13 heavy (non-hydrogen) atoms. The third-order valence-electron chi connectivity index (χ3n) is 1.71. The van der Waals surface area contributed by atoms with Crippen LogP contribution >= 0.6 is 0 Å². The van der Waals surface area contributed by atoms with Crippen molar-refractivity contribution in [3.63, 3.8) is 0 Å². The van der Waals surface area contributed by atoms with Crippen molar-refractivity contribution in [1.82, 2.24) is 0 Å². The molecule has 0 fully saturated rings. The molecule has 1 rings (SSSR count). The lowest BCUT2D eigenvalue weighted by atomic mass is 10.0. The highest BCUT2D eigenvalue weighted by Crippen LogP contribution is 2.14. The SMILES string of the molecule is CC(C)/C=C(\C#N)c1ccccc1. The highest BCUT2D eigenvalue weighted by molar-refractivity contribution is 5.76. The molecule has 0 radical (unpaired) electrons. The number of rotatable bonds is 2. The number of nitriles is 1. The van der Waals surface area contributed by atoms with E-state index >= 15 is 0 Å². The summed E-state index contributed by atoms with van der Waals surface area (Å²) in [4.78, 5) is 0. The van der Waals surface area contributed by atoms with E-state index in [9.17, 15) is 0 Å². The first-order valence-electron chi connectivity index (χ1n) is 4.41. The summed E-state index contributed by atoms with van der Waals surface area (Å²) in [6.45, 7) is 4.14. The van der Waals surface area contributed by atoms with E-state index in [0.29, 0.717) is 5.92 Å². The van der Waals surface area contributed by atoms with E-state index in [-0.39, 0.29) is 0 Å². The fourth-order valence-corrected chi connectivity index (χ4v) is 1.15. The molecule has 1 aromatic carbocycles. The van der Waals surface area contributed by atoms with E-state index in [2.05, 4.69) is 19.9 Å². The van der Waals surface area contributed by atoms with E-state index in [1.807, 2.05) is 36.4 Å². The fraction of sp³-hybridized carbons (Fsp3) is 0.250. The van der Waals surface area contributed by atoms with Crippen LogP contribution in [0.3, 0.4) is 0 Å². The Morgan fingerprint density at radius 1 is 1.31 bits per heavy atom. The average Bonchev–Trinajstić information content (AvgIpc) is 2.15. The van der Waals surface area contributed by atoms with Gasteiger partial charge in [-0.15, -0.1) is 0 Å². The number of hydrogen-bond acceptors (Lipinski definition) is 1. The molecule has 0 saturated heterocycles. The van der Waals surface area contributed by atoms with Gasteiger partial charge < -0.3 is 0 Å². The highest BCUT2D eigenvalue weighted by Gasteiger charge is 1.99. The summed E-state index contributed by atoms with van der Waals surface area (Å²) >= 11 is 0. The molecule has 1 heteroatoms. The first-order chi connectivity index (χ1) is 6.24. The monoisotopic (exact) mass is 171 g/mol. The van der Waals surface area contributed by atoms with Crippen molar-refractivity contribution in [2.24, 2.45) is 5.92 Å². The molecule has 0 aromatic heterocycles. The second-order valence-electron chi connectivity index (χ2n) is 3.30. The Labute approximate surface area is 79.3 Å². The standard InChI is InChI=1S/C12H13N/c1-10(2)8-12(9-13)11-6-4-3-5-7-11/h3-8,10H,1-2H3/b12-8+. The van der Waals surface area contributed by atoms with Crippen LogP contribution in [0, 0.1) is 17.2 Å². The van der Waals surface area contributed by atoms with E-state index in [4.69, 9.17) is 5.26 Å². The van der Waals surface area contributed by atoms with E-state index in [1.165, 1.54) is 0 Å². The molecule has 0 aliphatic rings. The maximum Gasteiger partial charge on any atom is 0.0994 e. The van der Waals surface area contributed by atoms with Crippen LogP contribution in [0.4, 0.5) is 0 Å². The van der Waals surface area contributed by atoms with Crippen molar-refractivity contribution in [2.45, 2.75) is 13.8 Å². The minimum Gasteiger partial charge on any atom is -0.192 e. The summed E-state index contributed by atoms with van der Waals surface area (Å²) in [5.41, 5.74) is 1.76. The topological polar surface area (TPSA) is 23.8 Å². The minimum atomic E-state index is 0.412. The van der Waals surface area contributed by atoms with Gasteiger partial charge in [-0.2, -0.15) is 5.26 Å². The first-order valence-corrected chi connectivity index (χ1v) is 4.41. The van der Waals surface area contributed by atoms with Gasteiger partial charge in [0.15, 0.2) is 0 Å². The number of allylic oxidation sites excluding steroid dienone is 2. The van der Waals surface area contributed by atoms with Gasteiger partial charge in [-0.25, -0.2) is 0 Å². The van der Waals surface area contributed by atoms with Gasteiger partial charge >= 0.3 is 0 Å². The molecule has 0 saturated carbocycles. The summed E-state index contributed by atoms with van der Waals surface area (Å²) in [5, 5.41) is 8.91. The highest BCUT2D eigenvalue weighted by atomic mass is 14.2. The summed E-state index contributed by atoms with van der Waals surface area (Å²) < 4.78 is 0. The van der Waals surface area contributed by atoms with Crippen molar-refractivity contribution >= 4 is 5.57 Å². The Bertz CT molecular complexity index is 328. The van der Waals surface area contributed by atoms with Crippen LogP contribution in [-0.2, 0) is 0 Å². The average molecular weight is 171 g/mol. The normalized spacial score (nSPS) is 11.4. The summed E-state index contributed by atoms with van der Waals surface area (Å²) in [7, 11) is 0. The Kier molecular flexibility index (Phi) is 3.28. The maximum absolute atomic E-state index is 8.91. The summed E-state index contributed by atoms with van der Waals surface area (Å²) in [6, 6.07) is 12.0. The number of benzene rings is 1. The van der Waals surface area contributed by atoms with Crippen LogP contribution in [0.5, 0.6) is 0 Å². The maximum atomic E-state index is 8.91. The zero-order valence-corrected chi connectivity index (χ0v) is 7.99. The van der Waals surface area contributed by atoms with Gasteiger partial charge in [-0.05, 0) is 11.5 Å². The van der Waals surface area contributed by atoms with Crippen LogP contribution < -0.4 is 0 Å². The molecule has 0 N–H and O–H groups in total. The Balaban J connectivity index is 3.00. The van der Waals surface area contributed by atoms with E-state index in [0.717, 1.165) is 11.1 Å². The quantitative estimate of drug-likeness (QED) is 0.626. The van der Waals surface area contributed by atoms with E-state index < -0.39 is 0 Å². The smallest absolute Gasteiger partial charge is 0.0994 e. The summed E-state index contributed by atoms with van der Waals surface area (Å²) in [6.07, 6.45) is 1.98. The van der Waals surface area contributed by atoms with Crippen molar-refractivity contribution < 1.29 is 0 Å². The van der Waals surface area contributed by atoms with Gasteiger partial charge in [0, 0.05) is 0 Å². The van der Waals surface area contributed by atoms with Crippen molar-refractivity contribution in [3.05, 3.63) is 42.0 Å². The van der Waals surface area contributed by atoms with E-state index in [1.54, 1.807) is 0 Å². The molecule has 0 aliphatic carbocycles. The largest absolute Gasteiger partial charge is 0.192 e. The lowest BCUT2D eigenvalue weighted by Gasteiger charge is -2.00. The minimum absolute atomic E-state index is 0.412. The van der Waals surface area contributed by atoms with Gasteiger partial charge in [0.25, 0.3) is 0 Å². The third-order valence-corrected chi connectivity index (χ3v) is 1.71. The molecule has 1 aromatic rings. The predicted octanol–water partition coefficient (Wildman–Crippen LogP) is 3.25. The molecular formula is C12H13N. The van der Waals surface area contributed by atoms with Crippen LogP contribution in [0.15, 0.2) is 36.4 Å². The number of nitrogens with zero attached hydrogens (tertiary/aromatic N) is 1. The predicted molar refractivity (Wildman–Crippen MR) is 54.9 cm³/mol. The second kappa shape index (κ2) is 4.47. The van der Waals surface area contributed by atoms with Crippen LogP contribution in [-0.4, -0.2) is 0 Å². The van der Waals surface area contributed by atoms with Crippen LogP contribution in [0.1, 0.15) is 19.4 Å². The molecule has 0 amide bonds. The fourth-order valence-electron chi connectivity index (χ4n) is 1.15. The van der Waals surface area contributed by atoms with Gasteiger partial charge in [-0.3, -0.25) is 0 Å². The van der Waals surface area contributed by atoms with Gasteiger partial charge in [0.1, 0.15) is 0 Å². The number of hydrogen-bond donors (Lipinski definition) is 0. The van der Waals surface area contributed by atoms with Crippen LogP contribution in [0.25, 0.3) is 5.57 Å². The lowest BCUT2D eigenvalue weighted by molar-refractivity contribution is 0.834. The van der Waals surface area contributed by atoms with Gasteiger partial charge in [0.05, 0.1) is 11.6 Å². The third kappa shape index (κ3) is 2.76. The molecule has 0 bridgehead atoms.